The van der Waals surface area contributed by atoms with Crippen LogP contribution in [0.15, 0.2) is 24.3 Å². The zero-order chi connectivity index (χ0) is 12.5. The molecule has 1 aromatic carbocycles. The number of halogens is 2. The van der Waals surface area contributed by atoms with E-state index in [9.17, 15) is 8.78 Å². The van der Waals surface area contributed by atoms with Crippen molar-refractivity contribution in [3.8, 4) is 0 Å². The van der Waals surface area contributed by atoms with Gasteiger partial charge in [-0.15, -0.1) is 0 Å². The van der Waals surface area contributed by atoms with Crippen molar-refractivity contribution in [2.24, 2.45) is 11.7 Å². The van der Waals surface area contributed by atoms with Gasteiger partial charge in [0.15, 0.2) is 0 Å². The van der Waals surface area contributed by atoms with Gasteiger partial charge in [0.1, 0.15) is 0 Å². The summed E-state index contributed by atoms with van der Waals surface area (Å²) in [5, 5.41) is 0. The maximum atomic E-state index is 13.9. The summed E-state index contributed by atoms with van der Waals surface area (Å²) in [6, 6.07) is 6.83. The van der Waals surface area contributed by atoms with Gasteiger partial charge in [-0.25, -0.2) is 8.78 Å². The number of alkyl halides is 2. The van der Waals surface area contributed by atoms with E-state index in [1.54, 1.807) is 12.1 Å². The van der Waals surface area contributed by atoms with Crippen LogP contribution in [0.25, 0.3) is 0 Å². The van der Waals surface area contributed by atoms with Gasteiger partial charge in [0, 0.05) is 11.5 Å². The van der Waals surface area contributed by atoms with Crippen LogP contribution in [0, 0.1) is 5.92 Å². The lowest BCUT2D eigenvalue weighted by molar-refractivity contribution is -0.0286. The second-order valence-corrected chi connectivity index (χ2v) is 5.00. The van der Waals surface area contributed by atoms with E-state index >= 15 is 0 Å². The summed E-state index contributed by atoms with van der Waals surface area (Å²) in [4.78, 5) is 0. The fourth-order valence-corrected chi connectivity index (χ4v) is 2.15. The Morgan fingerprint density at radius 2 is 2.12 bits per heavy atom. The predicted octanol–water partition coefficient (Wildman–Crippen LogP) is 3.64. The molecule has 0 heterocycles. The molecule has 1 aromatic rings. The third kappa shape index (κ3) is 2.65. The maximum absolute atomic E-state index is 13.9. The van der Waals surface area contributed by atoms with Crippen molar-refractivity contribution in [2.75, 3.05) is 6.54 Å². The van der Waals surface area contributed by atoms with E-state index in [0.717, 1.165) is 12.0 Å². The smallest absolute Gasteiger partial charge is 0.276 e. The van der Waals surface area contributed by atoms with Gasteiger partial charge in [-0.05, 0) is 43.4 Å². The first-order valence-corrected chi connectivity index (χ1v) is 6.24. The van der Waals surface area contributed by atoms with Crippen molar-refractivity contribution in [2.45, 2.75) is 38.0 Å². The van der Waals surface area contributed by atoms with Crippen molar-refractivity contribution in [1.29, 1.82) is 0 Å². The van der Waals surface area contributed by atoms with Crippen LogP contribution in [-0.4, -0.2) is 6.54 Å². The molecule has 1 fully saturated rings. The third-order valence-electron chi connectivity index (χ3n) is 3.53. The van der Waals surface area contributed by atoms with E-state index < -0.39 is 11.8 Å². The Morgan fingerprint density at radius 3 is 2.71 bits per heavy atom. The Bertz CT molecular complexity index is 386. The molecule has 1 nitrogen and oxygen atoms in total. The summed E-state index contributed by atoms with van der Waals surface area (Å²) in [5.74, 6) is -2.85. The highest BCUT2D eigenvalue weighted by molar-refractivity contribution is 5.30. The molecule has 0 amide bonds. The molecule has 0 aliphatic heterocycles. The van der Waals surface area contributed by atoms with E-state index in [-0.39, 0.29) is 11.5 Å². The Labute approximate surface area is 101 Å². The van der Waals surface area contributed by atoms with Crippen LogP contribution >= 0.6 is 0 Å². The normalized spacial score (nSPS) is 18.1. The lowest BCUT2D eigenvalue weighted by Crippen LogP contribution is -2.16. The van der Waals surface area contributed by atoms with Gasteiger partial charge in [0.2, 0.25) is 0 Å². The maximum Gasteiger partial charge on any atom is 0.276 e. The highest BCUT2D eigenvalue weighted by Gasteiger charge is 2.47. The lowest BCUT2D eigenvalue weighted by atomic mass is 9.93. The zero-order valence-corrected chi connectivity index (χ0v) is 10.1. The number of hydrogen-bond acceptors (Lipinski definition) is 1. The topological polar surface area (TPSA) is 26.0 Å². The number of hydrogen-bond donors (Lipinski definition) is 1. The van der Waals surface area contributed by atoms with E-state index in [1.165, 1.54) is 6.07 Å². The fourth-order valence-electron chi connectivity index (χ4n) is 2.15. The Hall–Kier alpha value is -0.960. The minimum absolute atomic E-state index is 0.168. The summed E-state index contributed by atoms with van der Waals surface area (Å²) in [7, 11) is 0. The van der Waals surface area contributed by atoms with E-state index in [2.05, 4.69) is 0 Å². The van der Waals surface area contributed by atoms with Gasteiger partial charge in [-0.1, -0.05) is 25.1 Å². The van der Waals surface area contributed by atoms with Crippen molar-refractivity contribution in [3.63, 3.8) is 0 Å². The molecule has 2 N–H and O–H groups in total. The molecule has 3 heteroatoms. The fraction of sp³-hybridized carbons (Fsp3) is 0.571. The average Bonchev–Trinajstić information content (AvgIpc) is 3.13. The van der Waals surface area contributed by atoms with Gasteiger partial charge in [0.05, 0.1) is 0 Å². The molecule has 1 aliphatic carbocycles. The molecule has 2 rings (SSSR count). The van der Waals surface area contributed by atoms with Gasteiger partial charge in [-0.2, -0.15) is 0 Å². The number of nitrogens with two attached hydrogens (primary N) is 1. The Morgan fingerprint density at radius 1 is 1.41 bits per heavy atom. The van der Waals surface area contributed by atoms with Gasteiger partial charge >= 0.3 is 0 Å². The minimum Gasteiger partial charge on any atom is -0.330 e. The van der Waals surface area contributed by atoms with Crippen LogP contribution in [0.1, 0.15) is 43.2 Å². The van der Waals surface area contributed by atoms with Crippen LogP contribution in [0.5, 0.6) is 0 Å². The molecule has 1 saturated carbocycles. The predicted molar refractivity (Wildman–Crippen MR) is 65.1 cm³/mol. The van der Waals surface area contributed by atoms with Gasteiger partial charge in [-0.3, -0.25) is 0 Å². The van der Waals surface area contributed by atoms with Crippen molar-refractivity contribution in [1.82, 2.24) is 0 Å². The standard InChI is InChI=1S/C14H19F2N/c1-10(7-8-17)11-3-2-4-13(9-11)14(15,16)12-5-6-12/h2-4,9-10,12H,5-8,17H2,1H3. The zero-order valence-electron chi connectivity index (χ0n) is 10.1. The van der Waals surface area contributed by atoms with E-state index in [1.807, 2.05) is 13.0 Å². The second-order valence-electron chi connectivity index (χ2n) is 5.00. The van der Waals surface area contributed by atoms with Crippen LogP contribution in [-0.2, 0) is 5.92 Å². The van der Waals surface area contributed by atoms with Crippen LogP contribution in [0.2, 0.25) is 0 Å². The molecule has 0 radical (unpaired) electrons. The Balaban J connectivity index is 2.21. The van der Waals surface area contributed by atoms with Crippen molar-refractivity contribution in [3.05, 3.63) is 35.4 Å². The molecule has 0 spiro atoms. The summed E-state index contributed by atoms with van der Waals surface area (Å²) in [6.07, 6.45) is 2.13. The highest BCUT2D eigenvalue weighted by Crippen LogP contribution is 2.49. The second kappa shape index (κ2) is 4.73. The van der Waals surface area contributed by atoms with Crippen molar-refractivity contribution < 1.29 is 8.78 Å². The van der Waals surface area contributed by atoms with Crippen LogP contribution in [0.3, 0.4) is 0 Å². The monoisotopic (exact) mass is 239 g/mol. The average molecular weight is 239 g/mol. The molecular weight excluding hydrogens is 220 g/mol. The summed E-state index contributed by atoms with van der Waals surface area (Å²) in [5.41, 5.74) is 6.63. The van der Waals surface area contributed by atoms with Gasteiger partial charge in [0.25, 0.3) is 5.92 Å². The van der Waals surface area contributed by atoms with Gasteiger partial charge < -0.3 is 5.73 Å². The highest BCUT2D eigenvalue weighted by atomic mass is 19.3. The van der Waals surface area contributed by atoms with Crippen LogP contribution < -0.4 is 5.73 Å². The molecule has 1 atom stereocenters. The summed E-state index contributed by atoms with van der Waals surface area (Å²) >= 11 is 0. The molecule has 1 aliphatic rings. The first kappa shape index (κ1) is 12.5. The molecular formula is C14H19F2N. The van der Waals surface area contributed by atoms with E-state index in [0.29, 0.717) is 19.4 Å². The lowest BCUT2D eigenvalue weighted by Gasteiger charge is -2.18. The van der Waals surface area contributed by atoms with Crippen molar-refractivity contribution >= 4 is 0 Å². The first-order chi connectivity index (χ1) is 8.05. The molecule has 1 unspecified atom stereocenters. The third-order valence-corrected chi connectivity index (χ3v) is 3.53. The summed E-state index contributed by atoms with van der Waals surface area (Å²) < 4.78 is 27.9. The van der Waals surface area contributed by atoms with Crippen LogP contribution in [0.4, 0.5) is 8.78 Å². The first-order valence-electron chi connectivity index (χ1n) is 6.24. The molecule has 0 saturated heterocycles. The van der Waals surface area contributed by atoms with E-state index in [4.69, 9.17) is 5.73 Å². The Kier molecular flexibility index (Phi) is 3.48. The largest absolute Gasteiger partial charge is 0.330 e. The number of benzene rings is 1. The molecule has 94 valence electrons. The molecule has 0 bridgehead atoms. The molecule has 0 aromatic heterocycles. The molecule has 17 heavy (non-hydrogen) atoms. The number of rotatable bonds is 5. The quantitative estimate of drug-likeness (QED) is 0.834. The summed E-state index contributed by atoms with van der Waals surface area (Å²) in [6.45, 7) is 2.62. The SMILES string of the molecule is CC(CCN)c1cccc(C(F)(F)C2CC2)c1. The minimum atomic E-state index is -2.65.